The van der Waals surface area contributed by atoms with E-state index >= 15 is 0 Å². The maximum atomic E-state index is 14.7. The maximum Gasteiger partial charge on any atom is 0.416 e. The van der Waals surface area contributed by atoms with Crippen LogP contribution in [0.25, 0.3) is 11.3 Å². The van der Waals surface area contributed by atoms with Gasteiger partial charge >= 0.3 is 6.18 Å². The third kappa shape index (κ3) is 4.60. The quantitative estimate of drug-likeness (QED) is 0.366. The van der Waals surface area contributed by atoms with Crippen molar-refractivity contribution in [3.8, 4) is 11.3 Å². The van der Waals surface area contributed by atoms with Crippen LogP contribution in [0.2, 0.25) is 0 Å². The Bertz CT molecular complexity index is 1120. The lowest BCUT2D eigenvalue weighted by Gasteiger charge is -2.19. The van der Waals surface area contributed by atoms with Crippen LogP contribution in [0.15, 0.2) is 85.6 Å². The molecule has 0 amide bonds. The van der Waals surface area contributed by atoms with Crippen LogP contribution in [-0.2, 0) is 12.6 Å². The molecule has 0 radical (unpaired) electrons. The van der Waals surface area contributed by atoms with Crippen molar-refractivity contribution in [2.45, 2.75) is 18.5 Å². The first-order valence-corrected chi connectivity index (χ1v) is 9.54. The molecule has 0 saturated heterocycles. The lowest BCUT2D eigenvalue weighted by Crippen LogP contribution is -2.09. The van der Waals surface area contributed by atoms with Crippen molar-refractivity contribution in [2.24, 2.45) is 0 Å². The van der Waals surface area contributed by atoms with Gasteiger partial charge in [-0.15, -0.1) is 0 Å². The van der Waals surface area contributed by atoms with Crippen LogP contribution < -0.4 is 0 Å². The van der Waals surface area contributed by atoms with Crippen molar-refractivity contribution in [1.29, 1.82) is 0 Å². The predicted molar refractivity (Wildman–Crippen MR) is 109 cm³/mol. The summed E-state index contributed by atoms with van der Waals surface area (Å²) in [6, 6.07) is 13.6. The van der Waals surface area contributed by atoms with Gasteiger partial charge in [0.05, 0.1) is 11.3 Å². The van der Waals surface area contributed by atoms with Crippen LogP contribution >= 0.6 is 0 Å². The predicted octanol–water partition coefficient (Wildman–Crippen LogP) is 6.07. The number of aromatic nitrogens is 3. The van der Waals surface area contributed by atoms with Crippen LogP contribution in [-0.4, -0.2) is 15.0 Å². The Morgan fingerprint density at radius 1 is 0.806 bits per heavy atom. The SMILES string of the molecule is Fc1cc(C(F)(F)F)ccc1-c1ncccc1CC(c1cccnc1)c1cccnc1. The molecule has 7 heteroatoms. The maximum absolute atomic E-state index is 14.7. The van der Waals surface area contributed by atoms with Gasteiger partial charge in [0.25, 0.3) is 0 Å². The number of pyridine rings is 3. The number of alkyl halides is 3. The fraction of sp³-hybridized carbons (Fsp3) is 0.125. The highest BCUT2D eigenvalue weighted by atomic mass is 19.4. The average molecular weight is 423 g/mol. The molecule has 0 aliphatic rings. The zero-order valence-electron chi connectivity index (χ0n) is 16.2. The molecule has 156 valence electrons. The molecule has 3 heterocycles. The Morgan fingerprint density at radius 2 is 1.45 bits per heavy atom. The highest BCUT2D eigenvalue weighted by Gasteiger charge is 2.31. The van der Waals surface area contributed by atoms with Crippen molar-refractivity contribution < 1.29 is 17.6 Å². The summed E-state index contributed by atoms with van der Waals surface area (Å²) in [6.45, 7) is 0. The first-order valence-electron chi connectivity index (χ1n) is 9.54. The molecule has 0 N–H and O–H groups in total. The fourth-order valence-corrected chi connectivity index (χ4v) is 3.54. The summed E-state index contributed by atoms with van der Waals surface area (Å²) in [4.78, 5) is 12.7. The van der Waals surface area contributed by atoms with E-state index in [1.165, 1.54) is 6.20 Å². The van der Waals surface area contributed by atoms with E-state index in [-0.39, 0.29) is 11.5 Å². The van der Waals surface area contributed by atoms with Crippen molar-refractivity contribution in [2.75, 3.05) is 0 Å². The van der Waals surface area contributed by atoms with Crippen molar-refractivity contribution in [3.05, 3.63) is 114 Å². The van der Waals surface area contributed by atoms with E-state index in [4.69, 9.17) is 0 Å². The molecule has 4 rings (SSSR count). The van der Waals surface area contributed by atoms with Gasteiger partial charge in [0, 0.05) is 42.5 Å². The zero-order valence-corrected chi connectivity index (χ0v) is 16.2. The van der Waals surface area contributed by atoms with Gasteiger partial charge in [0.2, 0.25) is 0 Å². The third-order valence-corrected chi connectivity index (χ3v) is 5.04. The van der Waals surface area contributed by atoms with Gasteiger partial charge in [0.15, 0.2) is 0 Å². The summed E-state index contributed by atoms with van der Waals surface area (Å²) >= 11 is 0. The molecular formula is C24H17F4N3. The number of nitrogens with zero attached hydrogens (tertiary/aromatic N) is 3. The van der Waals surface area contributed by atoms with E-state index in [9.17, 15) is 17.6 Å². The van der Waals surface area contributed by atoms with Gasteiger partial charge in [-0.05, 0) is 59.5 Å². The first-order chi connectivity index (χ1) is 14.9. The van der Waals surface area contributed by atoms with Crippen molar-refractivity contribution >= 4 is 0 Å². The van der Waals surface area contributed by atoms with Crippen molar-refractivity contribution in [3.63, 3.8) is 0 Å². The molecule has 1 aromatic carbocycles. The van der Waals surface area contributed by atoms with Gasteiger partial charge < -0.3 is 0 Å². The van der Waals surface area contributed by atoms with Crippen LogP contribution in [0.3, 0.4) is 0 Å². The second-order valence-electron chi connectivity index (χ2n) is 7.03. The minimum absolute atomic E-state index is 0.0275. The Labute approximate surface area is 176 Å². The van der Waals surface area contributed by atoms with Gasteiger partial charge in [0.1, 0.15) is 5.82 Å². The fourth-order valence-electron chi connectivity index (χ4n) is 3.54. The topological polar surface area (TPSA) is 38.7 Å². The molecule has 3 aromatic heterocycles. The van der Waals surface area contributed by atoms with Crippen LogP contribution in [0.4, 0.5) is 17.6 Å². The van der Waals surface area contributed by atoms with E-state index < -0.39 is 17.6 Å². The number of benzene rings is 1. The van der Waals surface area contributed by atoms with E-state index in [0.717, 1.165) is 23.3 Å². The van der Waals surface area contributed by atoms with Crippen LogP contribution in [0.5, 0.6) is 0 Å². The smallest absolute Gasteiger partial charge is 0.264 e. The molecule has 0 bridgehead atoms. The second kappa shape index (κ2) is 8.63. The van der Waals surface area contributed by atoms with Gasteiger partial charge in [-0.3, -0.25) is 15.0 Å². The number of halogens is 4. The summed E-state index contributed by atoms with van der Waals surface area (Å²) < 4.78 is 53.5. The number of hydrogen-bond acceptors (Lipinski definition) is 3. The lowest BCUT2D eigenvalue weighted by atomic mass is 9.86. The molecule has 0 saturated carbocycles. The minimum atomic E-state index is -4.61. The average Bonchev–Trinajstić information content (AvgIpc) is 2.78. The molecular weight excluding hydrogens is 406 g/mol. The largest absolute Gasteiger partial charge is 0.416 e. The number of rotatable bonds is 5. The molecule has 0 aliphatic heterocycles. The summed E-state index contributed by atoms with van der Waals surface area (Å²) in [7, 11) is 0. The van der Waals surface area contributed by atoms with E-state index in [1.54, 1.807) is 36.9 Å². The zero-order chi connectivity index (χ0) is 21.8. The van der Waals surface area contributed by atoms with Crippen LogP contribution in [0.1, 0.15) is 28.2 Å². The Balaban J connectivity index is 1.76. The Hall–Kier alpha value is -3.61. The minimum Gasteiger partial charge on any atom is -0.264 e. The summed E-state index contributed by atoms with van der Waals surface area (Å²) in [6.07, 6.45) is 4.20. The lowest BCUT2D eigenvalue weighted by molar-refractivity contribution is -0.137. The summed E-state index contributed by atoms with van der Waals surface area (Å²) in [5, 5.41) is 0. The standard InChI is InChI=1S/C24H17F4N3/c25-22-13-19(24(26,27)28)7-8-20(22)23-16(4-3-11-31-23)12-21(17-5-1-9-29-14-17)18-6-2-10-30-15-18/h1-11,13-15,21H,12H2. The third-order valence-electron chi connectivity index (χ3n) is 5.04. The normalized spacial score (nSPS) is 11.6. The second-order valence-corrected chi connectivity index (χ2v) is 7.03. The van der Waals surface area contributed by atoms with Gasteiger partial charge in [-0.1, -0.05) is 18.2 Å². The summed E-state index contributed by atoms with van der Waals surface area (Å²) in [5.74, 6) is -1.10. The Kier molecular flexibility index (Phi) is 5.75. The van der Waals surface area contributed by atoms with Gasteiger partial charge in [-0.2, -0.15) is 13.2 Å². The summed E-state index contributed by atoms with van der Waals surface area (Å²) in [5.41, 5.74) is 1.90. The molecule has 31 heavy (non-hydrogen) atoms. The molecule has 0 atom stereocenters. The van der Waals surface area contributed by atoms with E-state index in [2.05, 4.69) is 15.0 Å². The first kappa shape index (κ1) is 20.7. The van der Waals surface area contributed by atoms with E-state index in [0.29, 0.717) is 23.7 Å². The monoisotopic (exact) mass is 423 g/mol. The molecule has 0 spiro atoms. The molecule has 4 aromatic rings. The Morgan fingerprint density at radius 3 is 2.00 bits per heavy atom. The molecule has 0 aliphatic carbocycles. The van der Waals surface area contributed by atoms with E-state index in [1.807, 2.05) is 24.3 Å². The highest BCUT2D eigenvalue weighted by Crippen LogP contribution is 2.35. The molecule has 0 unspecified atom stereocenters. The molecule has 0 fully saturated rings. The highest BCUT2D eigenvalue weighted by molar-refractivity contribution is 5.64. The number of hydrogen-bond donors (Lipinski definition) is 0. The van der Waals surface area contributed by atoms with Crippen molar-refractivity contribution in [1.82, 2.24) is 15.0 Å². The van der Waals surface area contributed by atoms with Gasteiger partial charge in [-0.25, -0.2) is 4.39 Å². The molecule has 3 nitrogen and oxygen atoms in total. The van der Waals surface area contributed by atoms with Crippen LogP contribution in [0, 0.1) is 5.82 Å².